The largest absolute Gasteiger partial charge is 0.395 e. The van der Waals surface area contributed by atoms with Crippen molar-refractivity contribution in [2.75, 3.05) is 5.73 Å². The van der Waals surface area contributed by atoms with E-state index in [9.17, 15) is 0 Å². The first-order valence-electron chi connectivity index (χ1n) is 2.21. The van der Waals surface area contributed by atoms with E-state index < -0.39 is 0 Å². The second-order valence-corrected chi connectivity index (χ2v) is 2.04. The van der Waals surface area contributed by atoms with Crippen molar-refractivity contribution in [1.29, 1.82) is 0 Å². The summed E-state index contributed by atoms with van der Waals surface area (Å²) < 4.78 is 2.32. The van der Waals surface area contributed by atoms with E-state index in [1.54, 1.807) is 10.9 Å². The highest BCUT2D eigenvalue weighted by atomic mass is 32.1. The van der Waals surface area contributed by atoms with Crippen molar-refractivity contribution in [3.05, 3.63) is 10.8 Å². The Morgan fingerprint density at radius 1 is 1.88 bits per heavy atom. The van der Waals surface area contributed by atoms with Crippen LogP contribution in [0.25, 0.3) is 0 Å². The van der Waals surface area contributed by atoms with Gasteiger partial charge in [0, 0.05) is 13.2 Å². The van der Waals surface area contributed by atoms with Gasteiger partial charge in [0.1, 0.15) is 4.64 Å². The summed E-state index contributed by atoms with van der Waals surface area (Å²) in [5, 5.41) is 2.81. The third-order valence-electron chi connectivity index (χ3n) is 0.873. The van der Waals surface area contributed by atoms with Gasteiger partial charge in [0.15, 0.2) is 0 Å². The Kier molecular flexibility index (Phi) is 1.09. The van der Waals surface area contributed by atoms with Crippen molar-refractivity contribution < 1.29 is 0 Å². The fourth-order valence-corrected chi connectivity index (χ4v) is 0.721. The lowest BCUT2D eigenvalue weighted by molar-refractivity contribution is 0.764. The van der Waals surface area contributed by atoms with Gasteiger partial charge in [-0.2, -0.15) is 0 Å². The molecule has 1 heterocycles. The van der Waals surface area contributed by atoms with Crippen LogP contribution in [-0.4, -0.2) is 9.78 Å². The van der Waals surface area contributed by atoms with Gasteiger partial charge in [-0.05, 0) is 0 Å². The highest BCUT2D eigenvalue weighted by molar-refractivity contribution is 7.71. The van der Waals surface area contributed by atoms with E-state index >= 15 is 0 Å². The van der Waals surface area contributed by atoms with Crippen molar-refractivity contribution in [2.45, 2.75) is 0 Å². The summed E-state index contributed by atoms with van der Waals surface area (Å²) in [7, 11) is 1.84. The number of nitrogens with two attached hydrogens (primary N) is 1. The van der Waals surface area contributed by atoms with Gasteiger partial charge >= 0.3 is 0 Å². The van der Waals surface area contributed by atoms with Gasteiger partial charge in [0.2, 0.25) is 0 Å². The number of H-pyrrole nitrogens is 1. The Morgan fingerprint density at radius 3 is 2.62 bits per heavy atom. The molecule has 0 spiro atoms. The lowest BCUT2D eigenvalue weighted by Gasteiger charge is -1.81. The molecule has 0 aromatic carbocycles. The van der Waals surface area contributed by atoms with Gasteiger partial charge in [-0.25, -0.2) is 0 Å². The average Bonchev–Trinajstić information content (AvgIpc) is 1.85. The molecule has 0 aliphatic rings. The summed E-state index contributed by atoms with van der Waals surface area (Å²) in [6, 6.07) is 0. The summed E-state index contributed by atoms with van der Waals surface area (Å²) in [4.78, 5) is 0. The molecule has 4 heteroatoms. The smallest absolute Gasteiger partial charge is 0.142 e. The predicted molar refractivity (Wildman–Crippen MR) is 35.0 cm³/mol. The molecule has 0 radical (unpaired) electrons. The van der Waals surface area contributed by atoms with Crippen LogP contribution in [0.5, 0.6) is 0 Å². The highest BCUT2D eigenvalue weighted by Gasteiger charge is 1.87. The van der Waals surface area contributed by atoms with Gasteiger partial charge in [-0.3, -0.25) is 9.78 Å². The summed E-state index contributed by atoms with van der Waals surface area (Å²) in [5.41, 5.74) is 6.01. The fraction of sp³-hybridized carbons (Fsp3) is 0.250. The number of hydrogen-bond donors (Lipinski definition) is 2. The van der Waals surface area contributed by atoms with E-state index in [2.05, 4.69) is 5.10 Å². The molecule has 1 aromatic rings. The van der Waals surface area contributed by atoms with Crippen LogP contribution in [0.15, 0.2) is 6.20 Å². The van der Waals surface area contributed by atoms with Gasteiger partial charge in [0.25, 0.3) is 0 Å². The van der Waals surface area contributed by atoms with E-state index in [1.807, 2.05) is 7.05 Å². The summed E-state index contributed by atoms with van der Waals surface area (Å²) in [5.74, 6) is 0. The maximum absolute atomic E-state index is 5.38. The molecular weight excluding hydrogens is 122 g/mol. The number of anilines is 1. The number of nitrogens with one attached hydrogen (secondary N) is 1. The standard InChI is InChI=1S/C4H7N3S/c1-7-2-3(5)4(8)6-7/h2H,5H2,1H3,(H,6,8). The van der Waals surface area contributed by atoms with Crippen molar-refractivity contribution >= 4 is 17.9 Å². The molecule has 0 saturated heterocycles. The van der Waals surface area contributed by atoms with Crippen LogP contribution < -0.4 is 5.73 Å². The van der Waals surface area contributed by atoms with Gasteiger partial charge in [-0.15, -0.1) is 0 Å². The second kappa shape index (κ2) is 1.63. The molecule has 0 fully saturated rings. The Hall–Kier alpha value is -0.770. The first-order valence-corrected chi connectivity index (χ1v) is 2.62. The lowest BCUT2D eigenvalue weighted by atomic mass is 10.6. The monoisotopic (exact) mass is 129 g/mol. The van der Waals surface area contributed by atoms with Gasteiger partial charge in [0.05, 0.1) is 5.69 Å². The Bertz CT molecular complexity index is 234. The zero-order valence-corrected chi connectivity index (χ0v) is 5.33. The number of aromatic amines is 1. The molecule has 0 unspecified atom stereocenters. The Labute approximate surface area is 52.1 Å². The number of rotatable bonds is 0. The van der Waals surface area contributed by atoms with Crippen LogP contribution in [0.1, 0.15) is 0 Å². The van der Waals surface area contributed by atoms with Crippen molar-refractivity contribution in [3.63, 3.8) is 0 Å². The molecule has 1 aromatic heterocycles. The number of nitrogens with zero attached hydrogens (tertiary/aromatic N) is 1. The van der Waals surface area contributed by atoms with Crippen LogP contribution in [0, 0.1) is 4.64 Å². The van der Waals surface area contributed by atoms with Gasteiger partial charge in [-0.1, -0.05) is 12.2 Å². The Morgan fingerprint density at radius 2 is 2.50 bits per heavy atom. The Balaban J connectivity index is 3.35. The quantitative estimate of drug-likeness (QED) is 0.506. The molecule has 0 bridgehead atoms. The van der Waals surface area contributed by atoms with E-state index in [0.29, 0.717) is 10.3 Å². The maximum Gasteiger partial charge on any atom is 0.142 e. The van der Waals surface area contributed by atoms with Crippen LogP contribution in [-0.2, 0) is 7.05 Å². The zero-order chi connectivity index (χ0) is 6.15. The summed E-state index contributed by atoms with van der Waals surface area (Å²) >= 11 is 4.77. The van der Waals surface area contributed by atoms with E-state index in [0.717, 1.165) is 0 Å². The lowest BCUT2D eigenvalue weighted by Crippen LogP contribution is -1.84. The predicted octanol–water partition coefficient (Wildman–Crippen LogP) is 0.665. The van der Waals surface area contributed by atoms with E-state index in [4.69, 9.17) is 18.0 Å². The van der Waals surface area contributed by atoms with Crippen LogP contribution in [0.4, 0.5) is 5.69 Å². The van der Waals surface area contributed by atoms with Crippen LogP contribution in [0.2, 0.25) is 0 Å². The van der Waals surface area contributed by atoms with Crippen molar-refractivity contribution in [3.8, 4) is 0 Å². The zero-order valence-electron chi connectivity index (χ0n) is 4.51. The molecule has 3 N–H and O–H groups in total. The molecule has 0 aliphatic heterocycles. The van der Waals surface area contributed by atoms with Crippen LogP contribution in [0.3, 0.4) is 0 Å². The minimum atomic E-state index is 0.604. The molecule has 8 heavy (non-hydrogen) atoms. The normalized spacial score (nSPS) is 9.62. The highest BCUT2D eigenvalue weighted by Crippen LogP contribution is 1.98. The van der Waals surface area contributed by atoms with Gasteiger partial charge < -0.3 is 5.73 Å². The van der Waals surface area contributed by atoms with Crippen molar-refractivity contribution in [2.24, 2.45) is 7.05 Å². The van der Waals surface area contributed by atoms with E-state index in [-0.39, 0.29) is 0 Å². The summed E-state index contributed by atoms with van der Waals surface area (Å²) in [6.07, 6.45) is 1.74. The molecule has 0 saturated carbocycles. The minimum Gasteiger partial charge on any atom is -0.395 e. The third-order valence-corrected chi connectivity index (χ3v) is 1.20. The first-order chi connectivity index (χ1) is 3.70. The van der Waals surface area contributed by atoms with Crippen molar-refractivity contribution in [1.82, 2.24) is 9.78 Å². The molecular formula is C4H7N3S. The second-order valence-electron chi connectivity index (χ2n) is 1.64. The minimum absolute atomic E-state index is 0.604. The molecule has 44 valence electrons. The molecule has 1 rings (SSSR count). The molecule has 0 amide bonds. The first kappa shape index (κ1) is 5.37. The summed E-state index contributed by atoms with van der Waals surface area (Å²) in [6.45, 7) is 0. The number of nitrogen functional groups attached to an aromatic ring is 1. The molecule has 0 atom stereocenters. The van der Waals surface area contributed by atoms with E-state index in [1.165, 1.54) is 0 Å². The van der Waals surface area contributed by atoms with Crippen LogP contribution >= 0.6 is 12.2 Å². The number of hydrogen-bond acceptors (Lipinski definition) is 2. The molecule has 0 aliphatic carbocycles. The SMILES string of the molecule is Cn1cc(N)c(=S)[nH]1. The fourth-order valence-electron chi connectivity index (χ4n) is 0.524. The number of aryl methyl sites for hydroxylation is 1. The average molecular weight is 129 g/mol. The number of aromatic nitrogens is 2. The molecule has 3 nitrogen and oxygen atoms in total. The third kappa shape index (κ3) is 0.742. The maximum atomic E-state index is 5.38. The topological polar surface area (TPSA) is 46.7 Å².